The van der Waals surface area contributed by atoms with Crippen molar-refractivity contribution >= 4 is 52.2 Å². The molecule has 1 amide bonds. The highest BCUT2D eigenvalue weighted by atomic mass is 35.5. The minimum atomic E-state index is -0.443. The SMILES string of the molecule is CCOC(=O)COc1ccccc1/C=C1\SC(=Nc2ccc(Cl)cc2)N(CC(C)C)C1=O. The van der Waals surface area contributed by atoms with Gasteiger partial charge in [0.2, 0.25) is 0 Å². The number of amides is 1. The number of carbonyl (C=O) groups is 2. The molecule has 0 N–H and O–H groups in total. The number of hydrogen-bond donors (Lipinski definition) is 0. The number of thioether (sulfide) groups is 1. The molecule has 0 saturated carbocycles. The quantitative estimate of drug-likeness (QED) is 0.372. The first-order valence-corrected chi connectivity index (χ1v) is 11.5. The maximum Gasteiger partial charge on any atom is 0.344 e. The Morgan fingerprint density at radius 1 is 1.19 bits per heavy atom. The van der Waals surface area contributed by atoms with Crippen LogP contribution in [-0.4, -0.2) is 41.7 Å². The predicted octanol–water partition coefficient (Wildman–Crippen LogP) is 5.54. The van der Waals surface area contributed by atoms with Gasteiger partial charge in [-0.3, -0.25) is 9.69 Å². The smallest absolute Gasteiger partial charge is 0.344 e. The summed E-state index contributed by atoms with van der Waals surface area (Å²) < 4.78 is 10.5. The summed E-state index contributed by atoms with van der Waals surface area (Å²) in [6.45, 7) is 6.50. The van der Waals surface area contributed by atoms with Gasteiger partial charge in [0.15, 0.2) is 11.8 Å². The molecule has 1 aliphatic rings. The molecule has 0 radical (unpaired) electrons. The highest BCUT2D eigenvalue weighted by Crippen LogP contribution is 2.36. The third-order valence-electron chi connectivity index (χ3n) is 4.34. The highest BCUT2D eigenvalue weighted by molar-refractivity contribution is 8.18. The first-order valence-electron chi connectivity index (χ1n) is 10.3. The van der Waals surface area contributed by atoms with Gasteiger partial charge in [-0.05, 0) is 61.0 Å². The third-order valence-corrected chi connectivity index (χ3v) is 5.60. The second-order valence-corrected chi connectivity index (χ2v) is 8.87. The van der Waals surface area contributed by atoms with Gasteiger partial charge in [0.05, 0.1) is 17.2 Å². The monoisotopic (exact) mass is 472 g/mol. The van der Waals surface area contributed by atoms with Gasteiger partial charge in [-0.15, -0.1) is 0 Å². The van der Waals surface area contributed by atoms with E-state index >= 15 is 0 Å². The molecule has 1 saturated heterocycles. The van der Waals surface area contributed by atoms with Gasteiger partial charge in [0.25, 0.3) is 5.91 Å². The maximum atomic E-state index is 13.2. The molecule has 0 bridgehead atoms. The van der Waals surface area contributed by atoms with Crippen LogP contribution < -0.4 is 4.74 Å². The van der Waals surface area contributed by atoms with Crippen molar-refractivity contribution in [2.45, 2.75) is 20.8 Å². The lowest BCUT2D eigenvalue weighted by Crippen LogP contribution is -2.32. The first-order chi connectivity index (χ1) is 15.4. The lowest BCUT2D eigenvalue weighted by molar-refractivity contribution is -0.145. The molecule has 8 heteroatoms. The van der Waals surface area contributed by atoms with Crippen molar-refractivity contribution < 1.29 is 19.1 Å². The Kier molecular flexibility index (Phi) is 8.36. The molecule has 3 rings (SSSR count). The molecule has 1 fully saturated rings. The minimum Gasteiger partial charge on any atom is -0.481 e. The van der Waals surface area contributed by atoms with Crippen LogP contribution in [0, 0.1) is 5.92 Å². The molecule has 2 aromatic rings. The summed E-state index contributed by atoms with van der Waals surface area (Å²) >= 11 is 7.28. The van der Waals surface area contributed by atoms with E-state index in [9.17, 15) is 9.59 Å². The molecule has 0 spiro atoms. The van der Waals surface area contributed by atoms with Crippen LogP contribution >= 0.6 is 23.4 Å². The van der Waals surface area contributed by atoms with Crippen LogP contribution in [0.2, 0.25) is 5.02 Å². The number of carbonyl (C=O) groups excluding carboxylic acids is 2. The van der Waals surface area contributed by atoms with Crippen molar-refractivity contribution in [3.63, 3.8) is 0 Å². The van der Waals surface area contributed by atoms with E-state index in [0.717, 1.165) is 5.69 Å². The fourth-order valence-corrected chi connectivity index (χ4v) is 4.08. The number of aliphatic imine (C=N–C) groups is 1. The Labute approximate surface area is 197 Å². The predicted molar refractivity (Wildman–Crippen MR) is 129 cm³/mol. The normalized spacial score (nSPS) is 16.3. The van der Waals surface area contributed by atoms with E-state index in [4.69, 9.17) is 21.1 Å². The summed E-state index contributed by atoms with van der Waals surface area (Å²) in [5.41, 5.74) is 1.42. The molecule has 0 aromatic heterocycles. The van der Waals surface area contributed by atoms with Gasteiger partial charge in [0.1, 0.15) is 5.75 Å². The molecular weight excluding hydrogens is 448 g/mol. The van der Waals surface area contributed by atoms with Crippen molar-refractivity contribution in [2.24, 2.45) is 10.9 Å². The fraction of sp³-hybridized carbons (Fsp3) is 0.292. The van der Waals surface area contributed by atoms with E-state index in [1.807, 2.05) is 30.3 Å². The van der Waals surface area contributed by atoms with Gasteiger partial charge >= 0.3 is 5.97 Å². The molecule has 0 unspecified atom stereocenters. The molecule has 2 aromatic carbocycles. The number of halogens is 1. The number of amidine groups is 1. The van der Waals surface area contributed by atoms with Crippen LogP contribution in [0.5, 0.6) is 5.75 Å². The van der Waals surface area contributed by atoms with E-state index in [-0.39, 0.29) is 18.4 Å². The Balaban J connectivity index is 1.88. The van der Waals surface area contributed by atoms with Gasteiger partial charge in [-0.25, -0.2) is 9.79 Å². The van der Waals surface area contributed by atoms with Crippen LogP contribution in [0.3, 0.4) is 0 Å². The second kappa shape index (κ2) is 11.2. The largest absolute Gasteiger partial charge is 0.481 e. The Bertz CT molecular complexity index is 1030. The van der Waals surface area contributed by atoms with Crippen molar-refractivity contribution in [1.29, 1.82) is 0 Å². The number of nitrogens with zero attached hydrogens (tertiary/aromatic N) is 2. The molecule has 0 aliphatic carbocycles. The average Bonchev–Trinajstić information content (AvgIpc) is 3.03. The minimum absolute atomic E-state index is 0.114. The summed E-state index contributed by atoms with van der Waals surface area (Å²) in [5.74, 6) is 0.216. The first kappa shape index (κ1) is 23.9. The Morgan fingerprint density at radius 2 is 1.91 bits per heavy atom. The lowest BCUT2D eigenvalue weighted by Gasteiger charge is -2.17. The Morgan fingerprint density at radius 3 is 2.59 bits per heavy atom. The summed E-state index contributed by atoms with van der Waals surface area (Å²) in [7, 11) is 0. The second-order valence-electron chi connectivity index (χ2n) is 7.42. The number of esters is 1. The van der Waals surface area contributed by atoms with Gasteiger partial charge in [-0.1, -0.05) is 43.6 Å². The van der Waals surface area contributed by atoms with Crippen LogP contribution in [0.15, 0.2) is 58.4 Å². The Hall–Kier alpha value is -2.77. The van der Waals surface area contributed by atoms with Gasteiger partial charge < -0.3 is 9.47 Å². The van der Waals surface area contributed by atoms with Gasteiger partial charge in [0, 0.05) is 17.1 Å². The summed E-state index contributed by atoms with van der Waals surface area (Å²) in [6.07, 6.45) is 1.77. The third kappa shape index (κ3) is 6.37. The summed E-state index contributed by atoms with van der Waals surface area (Å²) in [4.78, 5) is 31.7. The van der Waals surface area contributed by atoms with E-state index in [1.54, 1.807) is 36.1 Å². The fourth-order valence-electron chi connectivity index (χ4n) is 2.96. The number of ether oxygens (including phenoxy) is 2. The molecule has 1 aliphatic heterocycles. The zero-order valence-corrected chi connectivity index (χ0v) is 19.8. The molecule has 0 atom stereocenters. The molecule has 6 nitrogen and oxygen atoms in total. The van der Waals surface area contributed by atoms with E-state index in [1.165, 1.54) is 11.8 Å². The average molecular weight is 473 g/mol. The van der Waals surface area contributed by atoms with Crippen molar-refractivity contribution in [2.75, 3.05) is 19.8 Å². The zero-order valence-electron chi connectivity index (χ0n) is 18.2. The zero-order chi connectivity index (χ0) is 23.1. The molecule has 168 valence electrons. The van der Waals surface area contributed by atoms with Gasteiger partial charge in [-0.2, -0.15) is 0 Å². The topological polar surface area (TPSA) is 68.2 Å². The molecule has 1 heterocycles. The lowest BCUT2D eigenvalue weighted by atomic mass is 10.1. The van der Waals surface area contributed by atoms with E-state index < -0.39 is 5.97 Å². The van der Waals surface area contributed by atoms with Crippen LogP contribution in [0.25, 0.3) is 6.08 Å². The maximum absolute atomic E-state index is 13.2. The van der Waals surface area contributed by atoms with Crippen LogP contribution in [0.1, 0.15) is 26.3 Å². The number of rotatable bonds is 8. The molecule has 32 heavy (non-hydrogen) atoms. The van der Waals surface area contributed by atoms with Crippen molar-refractivity contribution in [3.05, 3.63) is 64.0 Å². The van der Waals surface area contributed by atoms with E-state index in [0.29, 0.717) is 39.6 Å². The van der Waals surface area contributed by atoms with Crippen LogP contribution in [0.4, 0.5) is 5.69 Å². The van der Waals surface area contributed by atoms with Crippen LogP contribution in [-0.2, 0) is 14.3 Å². The number of para-hydroxylation sites is 1. The molecular formula is C24H25ClN2O4S. The summed E-state index contributed by atoms with van der Waals surface area (Å²) in [6, 6.07) is 14.4. The summed E-state index contributed by atoms with van der Waals surface area (Å²) in [5, 5.41) is 1.24. The number of hydrogen-bond acceptors (Lipinski definition) is 6. The van der Waals surface area contributed by atoms with Crippen molar-refractivity contribution in [3.8, 4) is 5.75 Å². The van der Waals surface area contributed by atoms with Crippen molar-refractivity contribution in [1.82, 2.24) is 4.90 Å². The number of benzene rings is 2. The van der Waals surface area contributed by atoms with E-state index in [2.05, 4.69) is 18.8 Å². The standard InChI is InChI=1S/C24H25ClN2O4S/c1-4-30-22(28)15-31-20-8-6-5-7-17(20)13-21-23(29)27(14-16(2)3)24(32-21)26-19-11-9-18(25)10-12-19/h5-13,16H,4,14-15H2,1-3H3/b21-13-,26-24?. The highest BCUT2D eigenvalue weighted by Gasteiger charge is 2.34.